The zero-order chi connectivity index (χ0) is 27.6. The molecule has 0 saturated carbocycles. The molecule has 8 nitrogen and oxygen atoms in total. The predicted molar refractivity (Wildman–Crippen MR) is 155 cm³/mol. The number of fused-ring (bicyclic) bond motifs is 1. The van der Waals surface area contributed by atoms with Crippen LogP contribution in [0.4, 0.5) is 0 Å². The average Bonchev–Trinajstić information content (AvgIpc) is 3.37. The molecule has 1 saturated heterocycles. The van der Waals surface area contributed by atoms with Gasteiger partial charge in [0.25, 0.3) is 0 Å². The van der Waals surface area contributed by atoms with Crippen LogP contribution in [0.15, 0.2) is 77.1 Å². The molecule has 5 rings (SSSR count). The summed E-state index contributed by atoms with van der Waals surface area (Å²) in [6.45, 7) is 1.37. The van der Waals surface area contributed by atoms with Crippen molar-refractivity contribution < 1.29 is 13.2 Å². The van der Waals surface area contributed by atoms with Crippen LogP contribution in [0.5, 0.6) is 0 Å². The third-order valence-electron chi connectivity index (χ3n) is 6.71. The van der Waals surface area contributed by atoms with Crippen molar-refractivity contribution in [3.8, 4) is 0 Å². The second-order valence-corrected chi connectivity index (χ2v) is 13.2. The van der Waals surface area contributed by atoms with Crippen LogP contribution in [-0.2, 0) is 21.1 Å². The Morgan fingerprint density at radius 1 is 1.18 bits per heavy atom. The van der Waals surface area contributed by atoms with Crippen LogP contribution in [0.25, 0.3) is 10.1 Å². The first-order valence-corrected chi connectivity index (χ1v) is 15.2. The lowest BCUT2D eigenvalue weighted by molar-refractivity contribution is -0.124. The number of likely N-dealkylation sites (N-methyl/N-ethyl adjacent to an activating group) is 1. The third kappa shape index (κ3) is 5.99. The van der Waals surface area contributed by atoms with Gasteiger partial charge in [-0.2, -0.15) is 0 Å². The summed E-state index contributed by atoms with van der Waals surface area (Å²) in [6.07, 6.45) is 2.46. The van der Waals surface area contributed by atoms with E-state index in [1.807, 2.05) is 30.1 Å². The molecule has 0 radical (unpaired) electrons. The molecule has 1 amide bonds. The molecule has 1 unspecified atom stereocenters. The highest BCUT2D eigenvalue weighted by molar-refractivity contribution is 7.93. The first kappa shape index (κ1) is 27.3. The van der Waals surface area contributed by atoms with Crippen molar-refractivity contribution in [3.63, 3.8) is 0 Å². The Bertz CT molecular complexity index is 1610. The van der Waals surface area contributed by atoms with Crippen LogP contribution >= 0.6 is 22.9 Å². The van der Waals surface area contributed by atoms with Crippen molar-refractivity contribution in [1.29, 1.82) is 5.41 Å². The minimum absolute atomic E-state index is 0.0194. The lowest BCUT2D eigenvalue weighted by atomic mass is 10.1. The normalized spacial score (nSPS) is 15.2. The lowest BCUT2D eigenvalue weighted by Crippen LogP contribution is -2.50. The number of carbonyl (C=O) groups excluding carboxylic acids is 1. The Kier molecular flexibility index (Phi) is 7.99. The van der Waals surface area contributed by atoms with Gasteiger partial charge in [-0.3, -0.25) is 20.1 Å². The Morgan fingerprint density at radius 2 is 1.97 bits per heavy atom. The maximum atomic E-state index is 14.1. The van der Waals surface area contributed by atoms with Gasteiger partial charge in [0.1, 0.15) is 15.4 Å². The van der Waals surface area contributed by atoms with Gasteiger partial charge in [-0.15, -0.1) is 11.3 Å². The molecule has 1 aliphatic rings. The van der Waals surface area contributed by atoms with Gasteiger partial charge in [-0.25, -0.2) is 8.42 Å². The Morgan fingerprint density at radius 3 is 2.69 bits per heavy atom. The van der Waals surface area contributed by atoms with Crippen LogP contribution in [0.3, 0.4) is 0 Å². The van der Waals surface area contributed by atoms with E-state index >= 15 is 0 Å². The molecular formula is C28H28ClN5O3S2. The number of amides is 1. The van der Waals surface area contributed by atoms with Crippen LogP contribution in [-0.4, -0.2) is 68.2 Å². The number of piperazine rings is 1. The van der Waals surface area contributed by atoms with Crippen molar-refractivity contribution in [2.45, 2.75) is 16.0 Å². The molecule has 2 aromatic carbocycles. The molecule has 202 valence electrons. The topological polar surface area (TPSA) is 106 Å². The Hall–Kier alpha value is -3.31. The largest absolute Gasteiger partial charge is 0.359 e. The fraction of sp³-hybridized carbons (Fsp3) is 0.250. The molecule has 39 heavy (non-hydrogen) atoms. The molecule has 1 atom stereocenters. The molecule has 4 aromatic rings. The van der Waals surface area contributed by atoms with Gasteiger partial charge < -0.3 is 10.2 Å². The van der Waals surface area contributed by atoms with Crippen LogP contribution in [0.2, 0.25) is 5.02 Å². The summed E-state index contributed by atoms with van der Waals surface area (Å²) >= 11 is 7.31. The van der Waals surface area contributed by atoms with Gasteiger partial charge in [-0.1, -0.05) is 48.0 Å². The van der Waals surface area contributed by atoms with Gasteiger partial charge in [0, 0.05) is 60.3 Å². The fourth-order valence-corrected chi connectivity index (χ4v) is 8.32. The monoisotopic (exact) mass is 581 g/mol. The summed E-state index contributed by atoms with van der Waals surface area (Å²) < 4.78 is 29.2. The third-order valence-corrected chi connectivity index (χ3v) is 10.6. The van der Waals surface area contributed by atoms with Gasteiger partial charge in [0.05, 0.1) is 6.54 Å². The highest BCUT2D eigenvalue weighted by Crippen LogP contribution is 2.39. The van der Waals surface area contributed by atoms with Crippen molar-refractivity contribution in [2.75, 3.05) is 33.2 Å². The molecule has 1 fully saturated rings. The minimum Gasteiger partial charge on any atom is -0.359 e. The SMILES string of the molecule is CN(CCc1ccccn1)C(=N)c1ccc(C(N2CCNC(=O)C2)S(=O)(=O)c2cc3ccc(Cl)cc3s2)cc1. The smallest absolute Gasteiger partial charge is 0.234 e. The quantitative estimate of drug-likeness (QED) is 0.237. The maximum Gasteiger partial charge on any atom is 0.234 e. The highest BCUT2D eigenvalue weighted by atomic mass is 35.5. The van der Waals surface area contributed by atoms with E-state index in [1.165, 1.54) is 11.3 Å². The number of pyridine rings is 1. The molecule has 0 spiro atoms. The average molecular weight is 582 g/mol. The zero-order valence-corrected chi connectivity index (χ0v) is 23.7. The van der Waals surface area contributed by atoms with Gasteiger partial charge >= 0.3 is 0 Å². The molecule has 1 aliphatic heterocycles. The van der Waals surface area contributed by atoms with E-state index in [4.69, 9.17) is 17.0 Å². The molecule has 2 N–H and O–H groups in total. The second-order valence-electron chi connectivity index (χ2n) is 9.43. The predicted octanol–water partition coefficient (Wildman–Crippen LogP) is 4.35. The molecular weight excluding hydrogens is 554 g/mol. The van der Waals surface area contributed by atoms with Gasteiger partial charge in [-0.05, 0) is 41.3 Å². The number of rotatable bonds is 8. The van der Waals surface area contributed by atoms with Crippen molar-refractivity contribution in [2.24, 2.45) is 0 Å². The maximum absolute atomic E-state index is 14.1. The number of hydrogen-bond acceptors (Lipinski definition) is 7. The number of amidine groups is 1. The number of carbonyl (C=O) groups is 1. The summed E-state index contributed by atoms with van der Waals surface area (Å²) in [7, 11) is -2.04. The van der Waals surface area contributed by atoms with E-state index in [9.17, 15) is 13.2 Å². The summed E-state index contributed by atoms with van der Waals surface area (Å²) in [6, 6.07) is 19.8. The number of hydrogen-bond donors (Lipinski definition) is 2. The number of halogens is 1. The van der Waals surface area contributed by atoms with Crippen molar-refractivity contribution in [1.82, 2.24) is 20.1 Å². The van der Waals surface area contributed by atoms with E-state index < -0.39 is 15.2 Å². The summed E-state index contributed by atoms with van der Waals surface area (Å²) in [5.74, 6) is 0.119. The molecule has 0 aliphatic carbocycles. The number of nitrogens with zero attached hydrogens (tertiary/aromatic N) is 3. The molecule has 0 bridgehead atoms. The zero-order valence-electron chi connectivity index (χ0n) is 21.3. The number of nitrogens with one attached hydrogen (secondary N) is 2. The van der Waals surface area contributed by atoms with E-state index in [1.54, 1.807) is 59.6 Å². The number of aromatic nitrogens is 1. The van der Waals surface area contributed by atoms with E-state index in [2.05, 4.69) is 10.3 Å². The molecule has 11 heteroatoms. The van der Waals surface area contributed by atoms with Gasteiger partial charge in [0.15, 0.2) is 0 Å². The van der Waals surface area contributed by atoms with Crippen LogP contribution in [0, 0.1) is 5.41 Å². The van der Waals surface area contributed by atoms with Crippen LogP contribution in [0.1, 0.15) is 22.2 Å². The number of sulfone groups is 1. The standard InChI is InChI=1S/C28H28ClN5O3S2/c1-33(14-11-23-4-2-3-12-31-23)27(30)19-5-7-20(8-6-19)28(34-15-13-32-25(35)18-34)39(36,37)26-16-21-9-10-22(29)17-24(21)38-26/h2-10,12,16-17,28,30H,11,13-15,18H2,1H3,(H,32,35). The number of thiophene rings is 1. The van der Waals surface area contributed by atoms with E-state index in [0.717, 1.165) is 15.8 Å². The van der Waals surface area contributed by atoms with Crippen molar-refractivity contribution in [3.05, 3.63) is 94.8 Å². The Balaban J connectivity index is 1.42. The first-order valence-electron chi connectivity index (χ1n) is 12.5. The summed E-state index contributed by atoms with van der Waals surface area (Å²) in [4.78, 5) is 20.1. The van der Waals surface area contributed by atoms with E-state index in [-0.39, 0.29) is 16.7 Å². The fourth-order valence-electron chi connectivity index (χ4n) is 4.64. The van der Waals surface area contributed by atoms with E-state index in [0.29, 0.717) is 48.0 Å². The highest BCUT2D eigenvalue weighted by Gasteiger charge is 2.37. The Labute approximate surface area is 236 Å². The van der Waals surface area contributed by atoms with Crippen molar-refractivity contribution >= 4 is 54.6 Å². The van der Waals surface area contributed by atoms with Crippen LogP contribution < -0.4 is 5.32 Å². The lowest BCUT2D eigenvalue weighted by Gasteiger charge is -2.33. The number of benzene rings is 2. The molecule has 2 aromatic heterocycles. The second kappa shape index (κ2) is 11.4. The van der Waals surface area contributed by atoms with Gasteiger partial charge in [0.2, 0.25) is 15.7 Å². The minimum atomic E-state index is -3.89. The molecule has 3 heterocycles. The summed E-state index contributed by atoms with van der Waals surface area (Å²) in [5, 5.41) is 11.7. The first-order chi connectivity index (χ1) is 18.7. The summed E-state index contributed by atoms with van der Waals surface area (Å²) in [5.41, 5.74) is 2.17.